The van der Waals surface area contributed by atoms with E-state index in [1.165, 1.54) is 102 Å². The van der Waals surface area contributed by atoms with Crippen LogP contribution in [-0.2, 0) is 14.3 Å². The monoisotopic (exact) mass is 616 g/mol. The Labute approximate surface area is 262 Å². The molecule has 0 aromatic carbocycles. The van der Waals surface area contributed by atoms with Crippen molar-refractivity contribution in [1.82, 2.24) is 20.8 Å². The number of amides is 2. The predicted octanol–water partition coefficient (Wildman–Crippen LogP) is 7.47. The van der Waals surface area contributed by atoms with Crippen LogP contribution in [0.5, 0.6) is 5.88 Å². The summed E-state index contributed by atoms with van der Waals surface area (Å²) in [7, 11) is 0. The third kappa shape index (κ3) is 17.5. The van der Waals surface area contributed by atoms with E-state index in [9.17, 15) is 14.4 Å². The minimum absolute atomic E-state index is 0.149. The second-order valence-corrected chi connectivity index (χ2v) is 11.1. The van der Waals surface area contributed by atoms with Gasteiger partial charge in [0.25, 0.3) is 5.88 Å². The number of ether oxygens (including phenoxy) is 3. The van der Waals surface area contributed by atoms with Gasteiger partial charge in [-0.15, -0.1) is 0 Å². The number of Topliss-reactive ketones (excluding diaryl/α,β-unsaturated/α-hetero) is 1. The topological polar surface area (TPSA) is 142 Å². The van der Waals surface area contributed by atoms with Crippen molar-refractivity contribution in [3.63, 3.8) is 0 Å². The number of unbranched alkanes of at least 4 members (excludes halogenated alkanes) is 14. The fourth-order valence-electron chi connectivity index (χ4n) is 4.71. The van der Waals surface area contributed by atoms with Crippen molar-refractivity contribution >= 4 is 18.0 Å². The Bertz CT molecular complexity index is 1020. The smallest absolute Gasteiger partial charge is 0.408 e. The quantitative estimate of drug-likeness (QED) is 0.109. The van der Waals surface area contributed by atoms with Gasteiger partial charge in [-0.25, -0.2) is 9.59 Å². The van der Waals surface area contributed by atoms with Gasteiger partial charge in [0.1, 0.15) is 25.5 Å². The molecular weight excluding hydrogens is 564 g/mol. The Morgan fingerprint density at radius 2 is 1.39 bits per heavy atom. The molecule has 2 aromatic heterocycles. The molecule has 0 bridgehead atoms. The van der Waals surface area contributed by atoms with Crippen LogP contribution in [0, 0.1) is 0 Å². The van der Waals surface area contributed by atoms with Crippen molar-refractivity contribution in [3.05, 3.63) is 42.4 Å². The van der Waals surface area contributed by atoms with E-state index >= 15 is 0 Å². The average molecular weight is 617 g/mol. The summed E-state index contributed by atoms with van der Waals surface area (Å²) in [5, 5.41) is 8.94. The van der Waals surface area contributed by atoms with Gasteiger partial charge in [-0.1, -0.05) is 103 Å². The largest absolute Gasteiger partial charge is 0.465 e. The van der Waals surface area contributed by atoms with Gasteiger partial charge in [0.15, 0.2) is 11.9 Å². The summed E-state index contributed by atoms with van der Waals surface area (Å²) in [6, 6.07) is 5.59. The van der Waals surface area contributed by atoms with Crippen LogP contribution in [0.1, 0.15) is 122 Å². The van der Waals surface area contributed by atoms with Crippen molar-refractivity contribution in [1.29, 1.82) is 0 Å². The summed E-state index contributed by atoms with van der Waals surface area (Å²) >= 11 is 0. The van der Waals surface area contributed by atoms with Crippen molar-refractivity contribution in [2.45, 2.75) is 122 Å². The molecule has 0 fully saturated rings. The molecular formula is C33H52N4O7. The highest BCUT2D eigenvalue weighted by molar-refractivity contribution is 5.86. The summed E-state index contributed by atoms with van der Waals surface area (Å²) in [4.78, 5) is 40.8. The SMILES string of the molecule is CCCCCCCCCCCCCCCCCNC(=O)OC[C@H](COC(=O)NC(C(C)=O)c1ccccn1)Oc1ccon1. The molecule has 0 radical (unpaired) electrons. The molecule has 0 aliphatic carbocycles. The van der Waals surface area contributed by atoms with E-state index in [1.54, 1.807) is 18.2 Å². The number of nitrogens with one attached hydrogen (secondary N) is 2. The van der Waals surface area contributed by atoms with Gasteiger partial charge >= 0.3 is 12.2 Å². The van der Waals surface area contributed by atoms with Crippen molar-refractivity contribution in [3.8, 4) is 5.88 Å². The molecule has 0 aliphatic rings. The van der Waals surface area contributed by atoms with E-state index < -0.39 is 24.3 Å². The molecule has 11 heteroatoms. The van der Waals surface area contributed by atoms with E-state index in [2.05, 4.69) is 27.7 Å². The van der Waals surface area contributed by atoms with Gasteiger partial charge in [0.2, 0.25) is 0 Å². The summed E-state index contributed by atoms with van der Waals surface area (Å²) in [5.74, 6) is -0.152. The zero-order chi connectivity index (χ0) is 31.7. The minimum Gasteiger partial charge on any atom is -0.465 e. The molecule has 2 N–H and O–H groups in total. The number of alkyl carbamates (subject to hydrolysis) is 2. The summed E-state index contributed by atoms with van der Waals surface area (Å²) in [5.41, 5.74) is 0.390. The lowest BCUT2D eigenvalue weighted by atomic mass is 10.0. The van der Waals surface area contributed by atoms with Crippen LogP contribution in [-0.4, -0.2) is 54.0 Å². The number of hydrogen-bond donors (Lipinski definition) is 2. The zero-order valence-electron chi connectivity index (χ0n) is 26.6. The number of pyridine rings is 1. The molecule has 0 saturated carbocycles. The lowest BCUT2D eigenvalue weighted by Gasteiger charge is -2.19. The minimum atomic E-state index is -0.958. The highest BCUT2D eigenvalue weighted by atomic mass is 16.6. The maximum Gasteiger partial charge on any atom is 0.408 e. The van der Waals surface area contributed by atoms with Crippen LogP contribution in [0.15, 0.2) is 41.2 Å². The molecule has 0 aliphatic heterocycles. The normalized spacial score (nSPS) is 12.2. The summed E-state index contributed by atoms with van der Waals surface area (Å²) in [6.07, 6.45) is 19.8. The lowest BCUT2D eigenvalue weighted by molar-refractivity contribution is -0.119. The van der Waals surface area contributed by atoms with E-state index in [4.69, 9.17) is 18.7 Å². The molecule has 1 unspecified atom stereocenters. The Kier molecular flexibility index (Phi) is 19.8. The molecule has 2 aromatic rings. The van der Waals surface area contributed by atoms with Gasteiger partial charge < -0.3 is 29.4 Å². The van der Waals surface area contributed by atoms with Gasteiger partial charge in [0.05, 0.1) is 5.69 Å². The Morgan fingerprint density at radius 1 is 0.795 bits per heavy atom. The number of hydrogen-bond acceptors (Lipinski definition) is 9. The van der Waals surface area contributed by atoms with Crippen molar-refractivity contribution in [2.24, 2.45) is 0 Å². The number of ketones is 1. The van der Waals surface area contributed by atoms with E-state index in [1.807, 2.05) is 0 Å². The third-order valence-electron chi connectivity index (χ3n) is 7.20. The molecule has 11 nitrogen and oxygen atoms in total. The number of aromatic nitrogens is 2. The second kappa shape index (κ2) is 23.8. The van der Waals surface area contributed by atoms with Crippen molar-refractivity contribution < 1.29 is 33.1 Å². The third-order valence-corrected chi connectivity index (χ3v) is 7.20. The fraction of sp³-hybridized carbons (Fsp3) is 0.667. The van der Waals surface area contributed by atoms with E-state index in [-0.39, 0.29) is 24.9 Å². The molecule has 2 rings (SSSR count). The Hall–Kier alpha value is -3.63. The highest BCUT2D eigenvalue weighted by Gasteiger charge is 2.23. The fourth-order valence-corrected chi connectivity index (χ4v) is 4.71. The number of carbonyl (C=O) groups excluding carboxylic acids is 3. The first kappa shape index (κ1) is 36.6. The number of carbonyl (C=O) groups is 3. The highest BCUT2D eigenvalue weighted by Crippen LogP contribution is 2.14. The predicted molar refractivity (Wildman–Crippen MR) is 167 cm³/mol. The van der Waals surface area contributed by atoms with Gasteiger partial charge in [-0.3, -0.25) is 9.78 Å². The summed E-state index contributed by atoms with van der Waals surface area (Å²) < 4.78 is 21.0. The van der Waals surface area contributed by atoms with Crippen LogP contribution in [0.4, 0.5) is 9.59 Å². The lowest BCUT2D eigenvalue weighted by Crippen LogP contribution is -2.38. The average Bonchev–Trinajstić information content (AvgIpc) is 3.54. The van der Waals surface area contributed by atoms with Crippen LogP contribution in [0.3, 0.4) is 0 Å². The maximum absolute atomic E-state index is 12.4. The summed E-state index contributed by atoms with van der Waals surface area (Å²) in [6.45, 7) is 3.67. The second-order valence-electron chi connectivity index (χ2n) is 11.1. The molecule has 0 saturated heterocycles. The first-order chi connectivity index (χ1) is 21.5. The number of rotatable bonds is 25. The Balaban J connectivity index is 1.56. The van der Waals surface area contributed by atoms with Crippen LogP contribution in [0.2, 0.25) is 0 Å². The number of nitrogens with zero attached hydrogens (tertiary/aromatic N) is 2. The van der Waals surface area contributed by atoms with Crippen LogP contribution >= 0.6 is 0 Å². The van der Waals surface area contributed by atoms with Crippen LogP contribution in [0.25, 0.3) is 0 Å². The van der Waals surface area contributed by atoms with E-state index in [0.29, 0.717) is 12.2 Å². The molecule has 44 heavy (non-hydrogen) atoms. The molecule has 2 heterocycles. The standard InChI is InChI=1S/C33H52N4O7/c1-3-4-5-6-7-8-9-10-11-12-13-14-15-16-18-23-35-32(39)41-25-28(44-30-21-24-43-37-30)26-42-33(40)36-31(27(2)38)29-20-17-19-22-34-29/h17,19-22,24,28,31H,3-16,18,23,25-26H2,1-2H3,(H,35,39)(H,36,40)/t28-,31?/m1/s1. The Morgan fingerprint density at radius 3 is 1.91 bits per heavy atom. The molecule has 0 spiro atoms. The van der Waals surface area contributed by atoms with E-state index in [0.717, 1.165) is 19.3 Å². The van der Waals surface area contributed by atoms with Crippen molar-refractivity contribution in [2.75, 3.05) is 19.8 Å². The van der Waals surface area contributed by atoms with Crippen LogP contribution < -0.4 is 15.4 Å². The first-order valence-corrected chi connectivity index (χ1v) is 16.3. The van der Waals surface area contributed by atoms with Gasteiger partial charge in [0, 0.05) is 18.8 Å². The van der Waals surface area contributed by atoms with Gasteiger partial charge in [-0.2, -0.15) is 0 Å². The zero-order valence-corrected chi connectivity index (χ0v) is 26.6. The first-order valence-electron chi connectivity index (χ1n) is 16.3. The molecule has 246 valence electrons. The maximum atomic E-state index is 12.4. The molecule has 2 amide bonds. The van der Waals surface area contributed by atoms with Gasteiger partial charge in [-0.05, 0) is 30.6 Å². The molecule has 2 atom stereocenters.